The standard InChI is InChI=1S/C7H6N4O3S.Na/c12-15(13,14)7-3-1-6(2-4-7)11-5-8-9-10-11;/h1-5H,(H,12,13,14);/q;+1. The smallest absolute Gasteiger partial charge is 0.282 e. The Morgan fingerprint density at radius 3 is 2.25 bits per heavy atom. The van der Waals surface area contributed by atoms with Crippen LogP contribution in [0.2, 0.25) is 0 Å². The molecule has 1 heterocycles. The van der Waals surface area contributed by atoms with Gasteiger partial charge in [0.2, 0.25) is 0 Å². The second kappa shape index (κ2) is 5.02. The van der Waals surface area contributed by atoms with Gasteiger partial charge in [0.05, 0.1) is 10.6 Å². The van der Waals surface area contributed by atoms with Crippen LogP contribution in [0.25, 0.3) is 5.69 Å². The van der Waals surface area contributed by atoms with Crippen LogP contribution in [0.15, 0.2) is 35.5 Å². The number of tetrazole rings is 1. The van der Waals surface area contributed by atoms with Gasteiger partial charge < -0.3 is 0 Å². The first-order valence-electron chi connectivity index (χ1n) is 3.88. The van der Waals surface area contributed by atoms with Crippen LogP contribution in [0.3, 0.4) is 0 Å². The predicted molar refractivity (Wildman–Crippen MR) is 49.0 cm³/mol. The summed E-state index contributed by atoms with van der Waals surface area (Å²) in [5.41, 5.74) is 0.604. The van der Waals surface area contributed by atoms with Gasteiger partial charge in [0.15, 0.2) is 0 Å². The fourth-order valence-electron chi connectivity index (χ4n) is 1.05. The SMILES string of the molecule is O=S(=O)(O)c1ccc(-n2cnnn2)cc1.[Na+]. The summed E-state index contributed by atoms with van der Waals surface area (Å²) in [7, 11) is -4.15. The third kappa shape index (κ3) is 2.86. The number of hydrogen-bond donors (Lipinski definition) is 1. The van der Waals surface area contributed by atoms with Crippen LogP contribution < -0.4 is 29.6 Å². The van der Waals surface area contributed by atoms with Gasteiger partial charge in [-0.15, -0.1) is 5.10 Å². The van der Waals surface area contributed by atoms with Crippen LogP contribution in [0.1, 0.15) is 0 Å². The number of aromatic nitrogens is 4. The van der Waals surface area contributed by atoms with Crippen molar-refractivity contribution < 1.29 is 42.5 Å². The zero-order chi connectivity index (χ0) is 10.9. The molecule has 0 spiro atoms. The predicted octanol–water partition coefficient (Wildman–Crippen LogP) is -3.09. The zero-order valence-corrected chi connectivity index (χ0v) is 11.2. The number of hydrogen-bond acceptors (Lipinski definition) is 5. The minimum absolute atomic E-state index is 0. The normalized spacial score (nSPS) is 10.8. The maximum absolute atomic E-state index is 10.7. The maximum Gasteiger partial charge on any atom is 1.00 e. The van der Waals surface area contributed by atoms with Crippen molar-refractivity contribution in [3.05, 3.63) is 30.6 Å². The number of benzene rings is 1. The van der Waals surface area contributed by atoms with E-state index in [2.05, 4.69) is 15.5 Å². The fraction of sp³-hybridized carbons (Fsp3) is 0. The first kappa shape index (κ1) is 13.3. The molecule has 2 aromatic rings. The summed E-state index contributed by atoms with van der Waals surface area (Å²) in [4.78, 5) is -0.167. The second-order valence-corrected chi connectivity index (χ2v) is 4.14. The van der Waals surface area contributed by atoms with E-state index in [1.165, 1.54) is 35.3 Å². The van der Waals surface area contributed by atoms with Gasteiger partial charge in [-0.3, -0.25) is 4.55 Å². The van der Waals surface area contributed by atoms with E-state index < -0.39 is 10.1 Å². The molecule has 2 rings (SSSR count). The van der Waals surface area contributed by atoms with E-state index in [1.54, 1.807) is 0 Å². The third-order valence-corrected chi connectivity index (χ3v) is 2.62. The number of nitrogens with zero attached hydrogens (tertiary/aromatic N) is 4. The summed E-state index contributed by atoms with van der Waals surface area (Å²) in [5.74, 6) is 0. The average Bonchev–Trinajstić information content (AvgIpc) is 2.69. The van der Waals surface area contributed by atoms with Gasteiger partial charge >= 0.3 is 29.6 Å². The van der Waals surface area contributed by atoms with Crippen molar-refractivity contribution in [2.45, 2.75) is 4.90 Å². The van der Waals surface area contributed by atoms with E-state index in [0.717, 1.165) is 0 Å². The zero-order valence-electron chi connectivity index (χ0n) is 8.35. The first-order valence-corrected chi connectivity index (χ1v) is 5.32. The van der Waals surface area contributed by atoms with E-state index in [1.807, 2.05) is 0 Å². The summed E-state index contributed by atoms with van der Waals surface area (Å²) in [6, 6.07) is 5.51. The Morgan fingerprint density at radius 2 is 1.81 bits per heavy atom. The van der Waals surface area contributed by atoms with Crippen LogP contribution >= 0.6 is 0 Å². The molecule has 0 radical (unpaired) electrons. The Balaban J connectivity index is 0.00000128. The molecule has 16 heavy (non-hydrogen) atoms. The molecule has 7 nitrogen and oxygen atoms in total. The quantitative estimate of drug-likeness (QED) is 0.447. The van der Waals surface area contributed by atoms with E-state index in [-0.39, 0.29) is 34.5 Å². The maximum atomic E-state index is 10.7. The van der Waals surface area contributed by atoms with Crippen LogP contribution in [0, 0.1) is 0 Å². The van der Waals surface area contributed by atoms with Gasteiger partial charge in [0.25, 0.3) is 10.1 Å². The summed E-state index contributed by atoms with van der Waals surface area (Å²) in [5, 5.41) is 10.5. The molecule has 1 aromatic heterocycles. The Bertz CT molecular complexity index is 552. The fourth-order valence-corrected chi connectivity index (χ4v) is 1.53. The van der Waals surface area contributed by atoms with Gasteiger partial charge in [-0.05, 0) is 34.7 Å². The van der Waals surface area contributed by atoms with Crippen molar-refractivity contribution in [3.63, 3.8) is 0 Å². The Morgan fingerprint density at radius 1 is 1.19 bits per heavy atom. The molecule has 78 valence electrons. The van der Waals surface area contributed by atoms with Gasteiger partial charge in [0, 0.05) is 0 Å². The van der Waals surface area contributed by atoms with Crippen molar-refractivity contribution >= 4 is 10.1 Å². The average molecular weight is 249 g/mol. The number of rotatable bonds is 2. The summed E-state index contributed by atoms with van der Waals surface area (Å²) < 4.78 is 31.6. The molecule has 0 atom stereocenters. The van der Waals surface area contributed by atoms with E-state index in [0.29, 0.717) is 5.69 Å². The molecule has 0 bridgehead atoms. The minimum atomic E-state index is -4.15. The molecule has 0 unspecified atom stereocenters. The Labute approximate surface area is 114 Å². The van der Waals surface area contributed by atoms with Gasteiger partial charge in [-0.2, -0.15) is 8.42 Å². The van der Waals surface area contributed by atoms with Crippen LogP contribution in [0.5, 0.6) is 0 Å². The van der Waals surface area contributed by atoms with Crippen molar-refractivity contribution in [2.75, 3.05) is 0 Å². The molecule has 0 saturated carbocycles. The molecule has 0 aliphatic carbocycles. The van der Waals surface area contributed by atoms with Crippen LogP contribution in [0.4, 0.5) is 0 Å². The van der Waals surface area contributed by atoms with Crippen molar-refractivity contribution in [2.24, 2.45) is 0 Å². The topological polar surface area (TPSA) is 98.0 Å². The molecule has 0 amide bonds. The molecule has 9 heteroatoms. The second-order valence-electron chi connectivity index (χ2n) is 2.72. The van der Waals surface area contributed by atoms with Gasteiger partial charge in [0.1, 0.15) is 6.33 Å². The van der Waals surface area contributed by atoms with E-state index in [9.17, 15) is 8.42 Å². The molecule has 0 aliphatic rings. The molecule has 0 fully saturated rings. The Hall–Kier alpha value is -0.800. The van der Waals surface area contributed by atoms with E-state index >= 15 is 0 Å². The first-order chi connectivity index (χ1) is 7.07. The largest absolute Gasteiger partial charge is 1.00 e. The monoisotopic (exact) mass is 249 g/mol. The van der Waals surface area contributed by atoms with Crippen LogP contribution in [-0.4, -0.2) is 33.2 Å². The molecular weight excluding hydrogens is 243 g/mol. The minimum Gasteiger partial charge on any atom is -0.282 e. The Kier molecular flexibility index (Phi) is 4.16. The molecule has 1 N–H and O–H groups in total. The summed E-state index contributed by atoms with van der Waals surface area (Å²) in [6.45, 7) is 0. The summed E-state index contributed by atoms with van der Waals surface area (Å²) in [6.07, 6.45) is 1.38. The molecule has 1 aromatic carbocycles. The molecule has 0 saturated heterocycles. The van der Waals surface area contributed by atoms with Crippen LogP contribution in [-0.2, 0) is 10.1 Å². The molecule has 0 aliphatic heterocycles. The van der Waals surface area contributed by atoms with Crippen molar-refractivity contribution in [1.29, 1.82) is 0 Å². The third-order valence-electron chi connectivity index (χ3n) is 1.75. The van der Waals surface area contributed by atoms with Gasteiger partial charge in [-0.1, -0.05) is 0 Å². The van der Waals surface area contributed by atoms with Crippen molar-refractivity contribution in [1.82, 2.24) is 20.2 Å². The van der Waals surface area contributed by atoms with Crippen molar-refractivity contribution in [3.8, 4) is 5.69 Å². The molecular formula is C7H6N4NaO3S+. The van der Waals surface area contributed by atoms with E-state index in [4.69, 9.17) is 4.55 Å². The van der Waals surface area contributed by atoms with Gasteiger partial charge in [-0.25, -0.2) is 4.68 Å². The summed E-state index contributed by atoms with van der Waals surface area (Å²) >= 11 is 0.